The Labute approximate surface area is 175 Å². The van der Waals surface area contributed by atoms with E-state index in [2.05, 4.69) is 10.3 Å². The zero-order valence-electron chi connectivity index (χ0n) is 16.7. The van der Waals surface area contributed by atoms with Gasteiger partial charge in [0.2, 0.25) is 0 Å². The highest BCUT2D eigenvalue weighted by Gasteiger charge is 2.23. The second-order valence-corrected chi connectivity index (χ2v) is 7.27. The van der Waals surface area contributed by atoms with Crippen LogP contribution in [0.3, 0.4) is 0 Å². The van der Waals surface area contributed by atoms with E-state index < -0.39 is 18.2 Å². The second-order valence-electron chi connectivity index (χ2n) is 7.27. The second kappa shape index (κ2) is 11.1. The highest BCUT2D eigenvalue weighted by Crippen LogP contribution is 2.13. The van der Waals surface area contributed by atoms with Gasteiger partial charge in [-0.2, -0.15) is 0 Å². The predicted octanol–water partition coefficient (Wildman–Crippen LogP) is 2.83. The van der Waals surface area contributed by atoms with Crippen LogP contribution < -0.4 is 11.1 Å². The number of alkyl carbamates (subject to hydrolysis) is 1. The third-order valence-electron chi connectivity index (χ3n) is 4.81. The minimum absolute atomic E-state index is 0.119. The fourth-order valence-electron chi connectivity index (χ4n) is 3.22. The van der Waals surface area contributed by atoms with Gasteiger partial charge in [0.1, 0.15) is 6.61 Å². The minimum Gasteiger partial charge on any atom is -0.472 e. The molecular formula is C23H27N3O4. The lowest BCUT2D eigenvalue weighted by atomic mass is 9.95. The molecule has 0 radical (unpaired) electrons. The molecule has 2 aromatic heterocycles. The molecule has 0 saturated heterocycles. The van der Waals surface area contributed by atoms with Gasteiger partial charge in [0.15, 0.2) is 0 Å². The first kappa shape index (κ1) is 21.5. The Balaban J connectivity index is 1.56. The van der Waals surface area contributed by atoms with Gasteiger partial charge in [0, 0.05) is 30.0 Å². The Hall–Kier alpha value is -3.16. The summed E-state index contributed by atoms with van der Waals surface area (Å²) in [5.41, 5.74) is 8.98. The zero-order chi connectivity index (χ0) is 21.2. The summed E-state index contributed by atoms with van der Waals surface area (Å²) in [5, 5.41) is 13.5. The molecule has 0 fully saturated rings. The van der Waals surface area contributed by atoms with E-state index >= 15 is 0 Å². The summed E-state index contributed by atoms with van der Waals surface area (Å²) in [6.45, 7) is 0.119. The van der Waals surface area contributed by atoms with Crippen LogP contribution in [0.2, 0.25) is 0 Å². The summed E-state index contributed by atoms with van der Waals surface area (Å²) in [6, 6.07) is 14.4. The van der Waals surface area contributed by atoms with Gasteiger partial charge < -0.3 is 25.3 Å². The van der Waals surface area contributed by atoms with Gasteiger partial charge in [0.05, 0.1) is 18.6 Å². The average Bonchev–Trinajstić information content (AvgIpc) is 3.26. The largest absolute Gasteiger partial charge is 0.472 e. The molecule has 1 amide bonds. The van der Waals surface area contributed by atoms with Crippen molar-refractivity contribution in [3.8, 4) is 0 Å². The van der Waals surface area contributed by atoms with Gasteiger partial charge in [0.25, 0.3) is 0 Å². The van der Waals surface area contributed by atoms with E-state index in [0.29, 0.717) is 19.3 Å². The number of ether oxygens (including phenoxy) is 1. The summed E-state index contributed by atoms with van der Waals surface area (Å²) < 4.78 is 10.4. The lowest BCUT2D eigenvalue weighted by molar-refractivity contribution is 0.109. The summed E-state index contributed by atoms with van der Waals surface area (Å²) in [5.74, 6) is 0. The van der Waals surface area contributed by atoms with Crippen molar-refractivity contribution in [3.63, 3.8) is 0 Å². The first-order chi connectivity index (χ1) is 14.6. The smallest absolute Gasteiger partial charge is 0.407 e. The predicted molar refractivity (Wildman–Crippen MR) is 113 cm³/mol. The molecule has 4 N–H and O–H groups in total. The summed E-state index contributed by atoms with van der Waals surface area (Å²) >= 11 is 0. The average molecular weight is 409 g/mol. The zero-order valence-corrected chi connectivity index (χ0v) is 16.7. The summed E-state index contributed by atoms with van der Waals surface area (Å²) in [6.07, 6.45) is 6.47. The van der Waals surface area contributed by atoms with Crippen molar-refractivity contribution >= 4 is 6.09 Å². The SMILES string of the molecule is N[C@@H](Cc1ccccc1)[C@@H](O)C[C@H](Cc1ccoc1)NC(=O)OCc1cccnc1. The van der Waals surface area contributed by atoms with Crippen LogP contribution in [0.1, 0.15) is 23.1 Å². The van der Waals surface area contributed by atoms with E-state index in [1.807, 2.05) is 42.5 Å². The summed E-state index contributed by atoms with van der Waals surface area (Å²) in [4.78, 5) is 16.3. The fourth-order valence-corrected chi connectivity index (χ4v) is 3.22. The molecule has 3 aromatic rings. The molecule has 7 heteroatoms. The van der Waals surface area contributed by atoms with Crippen LogP contribution in [0.5, 0.6) is 0 Å². The van der Waals surface area contributed by atoms with E-state index in [4.69, 9.17) is 14.9 Å². The topological polar surface area (TPSA) is 111 Å². The minimum atomic E-state index is -0.791. The highest BCUT2D eigenvalue weighted by atomic mass is 16.5. The number of nitrogens with one attached hydrogen (secondary N) is 1. The van der Waals surface area contributed by atoms with Crippen molar-refractivity contribution in [2.45, 2.75) is 44.1 Å². The Morgan fingerprint density at radius 1 is 1.10 bits per heavy atom. The fraction of sp³-hybridized carbons (Fsp3) is 0.304. The third kappa shape index (κ3) is 7.02. The molecule has 3 rings (SSSR count). The first-order valence-electron chi connectivity index (χ1n) is 9.91. The normalized spacial score (nSPS) is 13.9. The van der Waals surface area contributed by atoms with E-state index in [0.717, 1.165) is 16.7 Å². The summed E-state index contributed by atoms with van der Waals surface area (Å²) in [7, 11) is 0. The monoisotopic (exact) mass is 409 g/mol. The quantitative estimate of drug-likeness (QED) is 0.475. The number of hydrogen-bond acceptors (Lipinski definition) is 6. The van der Waals surface area contributed by atoms with Crippen molar-refractivity contribution in [3.05, 3.63) is 90.1 Å². The number of aliphatic hydroxyl groups is 1. The van der Waals surface area contributed by atoms with E-state index in [1.54, 1.807) is 31.0 Å². The Kier molecular flexibility index (Phi) is 8.00. The van der Waals surface area contributed by atoms with Crippen molar-refractivity contribution in [1.29, 1.82) is 0 Å². The molecule has 7 nitrogen and oxygen atoms in total. The van der Waals surface area contributed by atoms with Crippen LogP contribution in [0.4, 0.5) is 4.79 Å². The molecule has 1 aromatic carbocycles. The molecule has 0 aliphatic heterocycles. The maximum atomic E-state index is 12.3. The van der Waals surface area contributed by atoms with Crippen molar-refractivity contribution in [1.82, 2.24) is 10.3 Å². The van der Waals surface area contributed by atoms with Crippen LogP contribution in [0, 0.1) is 0 Å². The van der Waals surface area contributed by atoms with Crippen LogP contribution >= 0.6 is 0 Å². The van der Waals surface area contributed by atoms with Crippen molar-refractivity contribution < 1.29 is 19.1 Å². The molecule has 30 heavy (non-hydrogen) atoms. The third-order valence-corrected chi connectivity index (χ3v) is 4.81. The Bertz CT molecular complexity index is 872. The number of amides is 1. The molecule has 0 unspecified atom stereocenters. The van der Waals surface area contributed by atoms with E-state index in [9.17, 15) is 9.90 Å². The van der Waals surface area contributed by atoms with Crippen molar-refractivity contribution in [2.75, 3.05) is 0 Å². The number of furan rings is 1. The van der Waals surface area contributed by atoms with E-state index in [-0.39, 0.29) is 12.6 Å². The maximum Gasteiger partial charge on any atom is 0.407 e. The molecule has 0 bridgehead atoms. The van der Waals surface area contributed by atoms with Gasteiger partial charge >= 0.3 is 6.09 Å². The number of rotatable bonds is 10. The lowest BCUT2D eigenvalue weighted by Crippen LogP contribution is -2.44. The first-order valence-corrected chi connectivity index (χ1v) is 9.91. The molecule has 0 saturated carbocycles. The van der Waals surface area contributed by atoms with Crippen molar-refractivity contribution in [2.24, 2.45) is 5.73 Å². The molecule has 0 aliphatic carbocycles. The van der Waals surface area contributed by atoms with E-state index in [1.165, 1.54) is 0 Å². The number of benzene rings is 1. The molecule has 158 valence electrons. The number of pyridine rings is 1. The number of aliphatic hydroxyl groups excluding tert-OH is 1. The van der Waals surface area contributed by atoms with Gasteiger partial charge in [-0.3, -0.25) is 4.98 Å². The molecule has 0 spiro atoms. The van der Waals surface area contributed by atoms with Crippen LogP contribution in [-0.4, -0.2) is 34.4 Å². The molecule has 0 aliphatic rings. The Morgan fingerprint density at radius 2 is 1.90 bits per heavy atom. The van der Waals surface area contributed by atoms with Crippen LogP contribution in [-0.2, 0) is 24.2 Å². The standard InChI is InChI=1S/C23H27N3O4/c24-21(12-17-5-2-1-3-6-17)22(27)13-20(11-18-8-10-29-15-18)26-23(28)30-16-19-7-4-9-25-14-19/h1-10,14-15,20-22,27H,11-13,16,24H2,(H,26,28)/t20-,21-,22-/m0/s1. The van der Waals surface area contributed by atoms with Crippen LogP contribution in [0.25, 0.3) is 0 Å². The number of nitrogens with two attached hydrogens (primary N) is 1. The maximum absolute atomic E-state index is 12.3. The molecule has 3 atom stereocenters. The number of hydrogen-bond donors (Lipinski definition) is 3. The van der Waals surface area contributed by atoms with Crippen LogP contribution in [0.15, 0.2) is 77.9 Å². The number of carbonyl (C=O) groups is 1. The van der Waals surface area contributed by atoms with Gasteiger partial charge in [-0.1, -0.05) is 36.4 Å². The number of aromatic nitrogens is 1. The lowest BCUT2D eigenvalue weighted by Gasteiger charge is -2.25. The van der Waals surface area contributed by atoms with Gasteiger partial charge in [-0.25, -0.2) is 4.79 Å². The molecule has 2 heterocycles. The van der Waals surface area contributed by atoms with Gasteiger partial charge in [-0.15, -0.1) is 0 Å². The number of nitrogens with zero attached hydrogens (tertiary/aromatic N) is 1. The number of carbonyl (C=O) groups excluding carboxylic acids is 1. The van der Waals surface area contributed by atoms with Gasteiger partial charge in [-0.05, 0) is 42.5 Å². The molecular weight excluding hydrogens is 382 g/mol. The Morgan fingerprint density at radius 3 is 2.60 bits per heavy atom. The highest BCUT2D eigenvalue weighted by molar-refractivity contribution is 5.67.